The summed E-state index contributed by atoms with van der Waals surface area (Å²) in [6.45, 7) is 0.870. The molecule has 0 N–H and O–H groups in total. The molecule has 18 heavy (non-hydrogen) atoms. The molecular formula is C14H16FNO2. The van der Waals surface area contributed by atoms with E-state index in [2.05, 4.69) is 0 Å². The van der Waals surface area contributed by atoms with Crippen molar-refractivity contribution >= 4 is 5.91 Å². The van der Waals surface area contributed by atoms with E-state index in [9.17, 15) is 9.18 Å². The second-order valence-corrected chi connectivity index (χ2v) is 4.96. The molecule has 1 aliphatic heterocycles. The van der Waals surface area contributed by atoms with Crippen LogP contribution in [0, 0.1) is 5.82 Å². The van der Waals surface area contributed by atoms with E-state index in [1.807, 2.05) is 0 Å². The highest BCUT2D eigenvalue weighted by Gasteiger charge is 2.39. The van der Waals surface area contributed by atoms with Crippen molar-refractivity contribution < 1.29 is 13.9 Å². The van der Waals surface area contributed by atoms with Gasteiger partial charge in [-0.1, -0.05) is 18.2 Å². The fraction of sp³-hybridized carbons (Fsp3) is 0.500. The van der Waals surface area contributed by atoms with Crippen molar-refractivity contribution in [2.45, 2.75) is 38.0 Å². The van der Waals surface area contributed by atoms with Gasteiger partial charge in [0.15, 0.2) is 6.10 Å². The second-order valence-electron chi connectivity index (χ2n) is 4.96. The minimum Gasteiger partial charge on any atom is -0.363 e. The van der Waals surface area contributed by atoms with Gasteiger partial charge in [0.05, 0.1) is 6.61 Å². The molecule has 96 valence electrons. The lowest BCUT2D eigenvalue weighted by molar-refractivity contribution is -0.137. The Kier molecular flexibility index (Phi) is 3.04. The number of nitrogens with zero attached hydrogens (tertiary/aromatic N) is 1. The first-order valence-electron chi connectivity index (χ1n) is 6.41. The Hall–Kier alpha value is -1.42. The van der Waals surface area contributed by atoms with Crippen LogP contribution >= 0.6 is 0 Å². The van der Waals surface area contributed by atoms with Crippen molar-refractivity contribution in [3.8, 4) is 0 Å². The number of rotatable bonds is 4. The monoisotopic (exact) mass is 249 g/mol. The highest BCUT2D eigenvalue weighted by atomic mass is 19.1. The fourth-order valence-corrected chi connectivity index (χ4v) is 2.27. The predicted molar refractivity (Wildman–Crippen MR) is 64.3 cm³/mol. The number of carbonyl (C=O) groups is 1. The molecule has 1 heterocycles. The van der Waals surface area contributed by atoms with Crippen LogP contribution in [0.4, 0.5) is 4.39 Å². The minimum atomic E-state index is -0.280. The van der Waals surface area contributed by atoms with E-state index in [1.165, 1.54) is 6.07 Å². The van der Waals surface area contributed by atoms with E-state index >= 15 is 0 Å². The number of carbonyl (C=O) groups excluding carboxylic acids is 1. The normalized spacial score (nSPS) is 22.4. The number of halogens is 1. The van der Waals surface area contributed by atoms with Crippen LogP contribution in [-0.2, 0) is 16.1 Å². The third kappa shape index (κ3) is 2.25. The summed E-state index contributed by atoms with van der Waals surface area (Å²) in [6.07, 6.45) is 2.91. The molecule has 0 bridgehead atoms. The third-order valence-corrected chi connectivity index (χ3v) is 3.71. The summed E-state index contributed by atoms with van der Waals surface area (Å²) in [4.78, 5) is 13.9. The van der Waals surface area contributed by atoms with E-state index < -0.39 is 0 Å². The highest BCUT2D eigenvalue weighted by Crippen LogP contribution is 2.29. The predicted octanol–water partition coefficient (Wildman–Crippen LogP) is 2.11. The number of hydrogen-bond acceptors (Lipinski definition) is 2. The summed E-state index contributed by atoms with van der Waals surface area (Å²) in [6, 6.07) is 6.91. The van der Waals surface area contributed by atoms with Gasteiger partial charge in [0.25, 0.3) is 5.91 Å². The Balaban J connectivity index is 1.76. The molecule has 4 heteroatoms. The molecule has 0 aromatic heterocycles. The molecule has 0 spiro atoms. The summed E-state index contributed by atoms with van der Waals surface area (Å²) in [5.41, 5.74) is 0.582. The van der Waals surface area contributed by atoms with Crippen LogP contribution in [-0.4, -0.2) is 29.6 Å². The quantitative estimate of drug-likeness (QED) is 0.766. The smallest absolute Gasteiger partial charge is 0.254 e. The molecule has 1 saturated heterocycles. The second kappa shape index (κ2) is 4.69. The van der Waals surface area contributed by atoms with Gasteiger partial charge in [-0.25, -0.2) is 4.39 Å². The molecule has 1 amide bonds. The summed E-state index contributed by atoms with van der Waals surface area (Å²) in [5.74, 6) is -0.228. The SMILES string of the molecule is O=C(C1CO1)N(Cc1ccccc1F)C1CCC1. The van der Waals surface area contributed by atoms with Crippen LogP contribution in [0.3, 0.4) is 0 Å². The van der Waals surface area contributed by atoms with Crippen LogP contribution in [0.25, 0.3) is 0 Å². The van der Waals surface area contributed by atoms with Crippen molar-refractivity contribution in [1.82, 2.24) is 4.90 Å². The molecule has 2 aliphatic rings. The first-order chi connectivity index (χ1) is 8.75. The Morgan fingerprint density at radius 2 is 2.11 bits per heavy atom. The Morgan fingerprint density at radius 1 is 1.39 bits per heavy atom. The number of hydrogen-bond donors (Lipinski definition) is 0. The van der Waals surface area contributed by atoms with Crippen LogP contribution < -0.4 is 0 Å². The lowest BCUT2D eigenvalue weighted by Gasteiger charge is -2.37. The zero-order chi connectivity index (χ0) is 12.5. The molecule has 1 aromatic rings. The van der Waals surface area contributed by atoms with Crippen LogP contribution in [0.5, 0.6) is 0 Å². The zero-order valence-corrected chi connectivity index (χ0v) is 10.1. The average molecular weight is 249 g/mol. The fourth-order valence-electron chi connectivity index (χ4n) is 2.27. The van der Waals surface area contributed by atoms with E-state index in [0.717, 1.165) is 19.3 Å². The molecule has 1 aromatic carbocycles. The topological polar surface area (TPSA) is 32.8 Å². The molecule has 1 aliphatic carbocycles. The molecule has 3 nitrogen and oxygen atoms in total. The van der Waals surface area contributed by atoms with Gasteiger partial charge >= 0.3 is 0 Å². The van der Waals surface area contributed by atoms with Crippen LogP contribution in [0.1, 0.15) is 24.8 Å². The number of ether oxygens (including phenoxy) is 1. The largest absolute Gasteiger partial charge is 0.363 e. The van der Waals surface area contributed by atoms with Gasteiger partial charge in [-0.05, 0) is 25.3 Å². The van der Waals surface area contributed by atoms with Crippen molar-refractivity contribution in [3.63, 3.8) is 0 Å². The molecule has 1 saturated carbocycles. The first kappa shape index (κ1) is 11.7. The third-order valence-electron chi connectivity index (χ3n) is 3.71. The van der Waals surface area contributed by atoms with Crippen LogP contribution in [0.15, 0.2) is 24.3 Å². The summed E-state index contributed by atoms with van der Waals surface area (Å²) in [7, 11) is 0. The molecule has 1 unspecified atom stereocenters. The van der Waals surface area contributed by atoms with Crippen LogP contribution in [0.2, 0.25) is 0 Å². The minimum absolute atomic E-state index is 0.0166. The standard InChI is InChI=1S/C14H16FNO2/c15-12-7-2-1-4-10(12)8-16(11-5-3-6-11)14(17)13-9-18-13/h1-2,4,7,11,13H,3,5-6,8-9H2. The van der Waals surface area contributed by atoms with Gasteiger partial charge in [0.1, 0.15) is 5.82 Å². The first-order valence-corrected chi connectivity index (χ1v) is 6.41. The van der Waals surface area contributed by atoms with E-state index in [-0.39, 0.29) is 23.9 Å². The van der Waals surface area contributed by atoms with E-state index in [4.69, 9.17) is 4.74 Å². The van der Waals surface area contributed by atoms with Crippen molar-refractivity contribution in [2.24, 2.45) is 0 Å². The van der Waals surface area contributed by atoms with Gasteiger partial charge in [0, 0.05) is 18.2 Å². The van der Waals surface area contributed by atoms with Gasteiger partial charge in [0.2, 0.25) is 0 Å². The maximum Gasteiger partial charge on any atom is 0.254 e. The molecule has 3 rings (SSSR count). The van der Waals surface area contributed by atoms with Crippen molar-refractivity contribution in [1.29, 1.82) is 0 Å². The maximum absolute atomic E-state index is 13.6. The lowest BCUT2D eigenvalue weighted by atomic mass is 9.90. The Bertz CT molecular complexity index is 455. The lowest BCUT2D eigenvalue weighted by Crippen LogP contribution is -2.45. The zero-order valence-electron chi connectivity index (χ0n) is 10.1. The highest BCUT2D eigenvalue weighted by molar-refractivity contribution is 5.83. The Morgan fingerprint density at radius 3 is 2.67 bits per heavy atom. The number of epoxide rings is 1. The molecular weight excluding hydrogens is 233 g/mol. The molecule has 0 radical (unpaired) electrons. The van der Waals surface area contributed by atoms with Gasteiger partial charge in [-0.3, -0.25) is 4.79 Å². The summed E-state index contributed by atoms with van der Waals surface area (Å²) < 4.78 is 18.7. The van der Waals surface area contributed by atoms with Crippen molar-refractivity contribution in [3.05, 3.63) is 35.6 Å². The van der Waals surface area contributed by atoms with Gasteiger partial charge < -0.3 is 9.64 Å². The molecule has 2 fully saturated rings. The van der Waals surface area contributed by atoms with E-state index in [0.29, 0.717) is 18.7 Å². The van der Waals surface area contributed by atoms with Gasteiger partial charge in [-0.15, -0.1) is 0 Å². The maximum atomic E-state index is 13.6. The molecule has 1 atom stereocenters. The van der Waals surface area contributed by atoms with E-state index in [1.54, 1.807) is 23.1 Å². The number of benzene rings is 1. The van der Waals surface area contributed by atoms with Gasteiger partial charge in [-0.2, -0.15) is 0 Å². The Labute approximate surface area is 106 Å². The number of amides is 1. The summed E-state index contributed by atoms with van der Waals surface area (Å²) in [5, 5.41) is 0. The van der Waals surface area contributed by atoms with Crippen molar-refractivity contribution in [2.75, 3.05) is 6.61 Å². The summed E-state index contributed by atoms with van der Waals surface area (Å²) >= 11 is 0. The average Bonchev–Trinajstić information content (AvgIpc) is 3.11.